The molecule has 1 fully saturated rings. The Kier molecular flexibility index (Phi) is 3.59. The van der Waals surface area contributed by atoms with Crippen LogP contribution in [-0.4, -0.2) is 19.8 Å². The molecule has 0 bridgehead atoms. The summed E-state index contributed by atoms with van der Waals surface area (Å²) in [5.41, 5.74) is 7.60. The molecular formula is C12H17NO2. The van der Waals surface area contributed by atoms with E-state index in [1.54, 1.807) is 0 Å². The molecule has 1 atom stereocenters. The molecule has 0 radical (unpaired) electrons. The van der Waals surface area contributed by atoms with Gasteiger partial charge >= 0.3 is 0 Å². The molecule has 1 heterocycles. The Morgan fingerprint density at radius 2 is 2.40 bits per heavy atom. The van der Waals surface area contributed by atoms with E-state index in [-0.39, 0.29) is 0 Å². The number of nitrogen functional groups attached to an aromatic ring is 1. The molecule has 2 rings (SSSR count). The molecule has 2 N–H and O–H groups in total. The molecule has 0 saturated carbocycles. The van der Waals surface area contributed by atoms with Crippen molar-refractivity contribution in [2.75, 3.05) is 25.6 Å². The molecule has 3 heteroatoms. The van der Waals surface area contributed by atoms with Crippen LogP contribution in [0, 0.1) is 5.92 Å². The molecule has 0 spiro atoms. The maximum Gasteiger partial charge on any atom is 0.0717 e. The fraction of sp³-hybridized carbons (Fsp3) is 0.500. The molecular weight excluding hydrogens is 190 g/mol. The summed E-state index contributed by atoms with van der Waals surface area (Å²) >= 11 is 0. The predicted octanol–water partition coefficient (Wildman–Crippen LogP) is 1.82. The van der Waals surface area contributed by atoms with Crippen molar-refractivity contribution in [3.05, 3.63) is 29.8 Å². The molecule has 0 aliphatic carbocycles. The van der Waals surface area contributed by atoms with Crippen molar-refractivity contribution in [3.63, 3.8) is 0 Å². The monoisotopic (exact) mass is 207 g/mol. The number of hydrogen-bond acceptors (Lipinski definition) is 3. The maximum atomic E-state index is 5.68. The first-order chi connectivity index (χ1) is 7.34. The van der Waals surface area contributed by atoms with Gasteiger partial charge in [-0.2, -0.15) is 0 Å². The van der Waals surface area contributed by atoms with Crippen molar-refractivity contribution < 1.29 is 9.47 Å². The van der Waals surface area contributed by atoms with Gasteiger partial charge < -0.3 is 15.2 Å². The highest BCUT2D eigenvalue weighted by molar-refractivity contribution is 5.40. The van der Waals surface area contributed by atoms with Gasteiger partial charge in [0.2, 0.25) is 0 Å². The molecule has 1 aromatic carbocycles. The van der Waals surface area contributed by atoms with E-state index in [4.69, 9.17) is 15.2 Å². The van der Waals surface area contributed by atoms with E-state index >= 15 is 0 Å². The topological polar surface area (TPSA) is 44.5 Å². The summed E-state index contributed by atoms with van der Waals surface area (Å²) in [6, 6.07) is 7.81. The van der Waals surface area contributed by atoms with Crippen molar-refractivity contribution >= 4 is 5.69 Å². The normalized spacial score (nSPS) is 20.7. The van der Waals surface area contributed by atoms with Crippen molar-refractivity contribution in [1.82, 2.24) is 0 Å². The molecule has 0 aromatic heterocycles. The average Bonchev–Trinajstić information content (AvgIpc) is 2.71. The van der Waals surface area contributed by atoms with Crippen LogP contribution in [0.25, 0.3) is 0 Å². The van der Waals surface area contributed by atoms with E-state index in [2.05, 4.69) is 0 Å². The number of ether oxygens (including phenoxy) is 2. The minimum absolute atomic E-state index is 0.575. The van der Waals surface area contributed by atoms with Gasteiger partial charge in [-0.15, -0.1) is 0 Å². The quantitative estimate of drug-likeness (QED) is 0.766. The second kappa shape index (κ2) is 5.14. The second-order valence-electron chi connectivity index (χ2n) is 3.99. The summed E-state index contributed by atoms with van der Waals surface area (Å²) in [6.07, 6.45) is 1.12. The second-order valence-corrected chi connectivity index (χ2v) is 3.99. The number of anilines is 1. The van der Waals surface area contributed by atoms with Crippen LogP contribution in [-0.2, 0) is 16.1 Å². The minimum Gasteiger partial charge on any atom is -0.399 e. The summed E-state index contributed by atoms with van der Waals surface area (Å²) < 4.78 is 10.9. The van der Waals surface area contributed by atoms with Gasteiger partial charge in [0.1, 0.15) is 0 Å². The fourth-order valence-electron chi connectivity index (χ4n) is 1.74. The number of hydrogen-bond donors (Lipinski definition) is 1. The Hall–Kier alpha value is -1.06. The van der Waals surface area contributed by atoms with Crippen LogP contribution in [0.15, 0.2) is 24.3 Å². The van der Waals surface area contributed by atoms with Crippen molar-refractivity contribution in [2.45, 2.75) is 13.0 Å². The lowest BCUT2D eigenvalue weighted by atomic mass is 10.1. The third kappa shape index (κ3) is 3.22. The van der Waals surface area contributed by atoms with Crippen LogP contribution >= 0.6 is 0 Å². The molecule has 1 saturated heterocycles. The van der Waals surface area contributed by atoms with Gasteiger partial charge in [0, 0.05) is 18.2 Å². The van der Waals surface area contributed by atoms with Crippen LogP contribution in [0.2, 0.25) is 0 Å². The SMILES string of the molecule is Nc1cccc(COCC2CCOC2)c1. The van der Waals surface area contributed by atoms with Gasteiger partial charge in [0.15, 0.2) is 0 Å². The Morgan fingerprint density at radius 3 is 3.13 bits per heavy atom. The zero-order valence-electron chi connectivity index (χ0n) is 8.82. The van der Waals surface area contributed by atoms with Gasteiger partial charge in [0.05, 0.1) is 19.8 Å². The molecule has 0 amide bonds. The number of benzene rings is 1. The van der Waals surface area contributed by atoms with Crippen molar-refractivity contribution in [3.8, 4) is 0 Å². The number of rotatable bonds is 4. The van der Waals surface area contributed by atoms with Gasteiger partial charge in [-0.05, 0) is 24.1 Å². The van der Waals surface area contributed by atoms with E-state index in [0.717, 1.165) is 37.5 Å². The molecule has 15 heavy (non-hydrogen) atoms. The van der Waals surface area contributed by atoms with Crippen LogP contribution in [0.1, 0.15) is 12.0 Å². The molecule has 1 unspecified atom stereocenters. The van der Waals surface area contributed by atoms with Crippen LogP contribution in [0.5, 0.6) is 0 Å². The third-order valence-electron chi connectivity index (χ3n) is 2.60. The van der Waals surface area contributed by atoms with Gasteiger partial charge in [-0.3, -0.25) is 0 Å². The predicted molar refractivity (Wildman–Crippen MR) is 59.4 cm³/mol. The first-order valence-electron chi connectivity index (χ1n) is 5.34. The van der Waals surface area contributed by atoms with E-state index < -0.39 is 0 Å². The summed E-state index contributed by atoms with van der Waals surface area (Å²) in [4.78, 5) is 0. The molecule has 1 aliphatic heterocycles. The first-order valence-corrected chi connectivity index (χ1v) is 5.34. The van der Waals surface area contributed by atoms with E-state index in [1.807, 2.05) is 24.3 Å². The first kappa shape index (κ1) is 10.5. The minimum atomic E-state index is 0.575. The maximum absolute atomic E-state index is 5.68. The third-order valence-corrected chi connectivity index (χ3v) is 2.60. The summed E-state index contributed by atoms with van der Waals surface area (Å²) in [6.45, 7) is 3.15. The smallest absolute Gasteiger partial charge is 0.0717 e. The highest BCUT2D eigenvalue weighted by Gasteiger charge is 2.15. The van der Waals surface area contributed by atoms with Crippen molar-refractivity contribution in [1.29, 1.82) is 0 Å². The van der Waals surface area contributed by atoms with Gasteiger partial charge in [-0.25, -0.2) is 0 Å². The zero-order chi connectivity index (χ0) is 10.5. The van der Waals surface area contributed by atoms with Gasteiger partial charge in [0.25, 0.3) is 0 Å². The molecule has 3 nitrogen and oxygen atoms in total. The zero-order valence-corrected chi connectivity index (χ0v) is 8.82. The largest absolute Gasteiger partial charge is 0.399 e. The Labute approximate surface area is 90.2 Å². The summed E-state index contributed by atoms with van der Waals surface area (Å²) in [5, 5.41) is 0. The lowest BCUT2D eigenvalue weighted by Gasteiger charge is -2.08. The fourth-order valence-corrected chi connectivity index (χ4v) is 1.74. The summed E-state index contributed by atoms with van der Waals surface area (Å²) in [5.74, 6) is 0.575. The Bertz CT molecular complexity index is 308. The highest BCUT2D eigenvalue weighted by Crippen LogP contribution is 2.14. The van der Waals surface area contributed by atoms with E-state index in [9.17, 15) is 0 Å². The van der Waals surface area contributed by atoms with Gasteiger partial charge in [-0.1, -0.05) is 12.1 Å². The van der Waals surface area contributed by atoms with E-state index in [1.165, 1.54) is 0 Å². The van der Waals surface area contributed by atoms with E-state index in [0.29, 0.717) is 12.5 Å². The lowest BCUT2D eigenvalue weighted by Crippen LogP contribution is -2.09. The van der Waals surface area contributed by atoms with Crippen molar-refractivity contribution in [2.24, 2.45) is 5.92 Å². The molecule has 82 valence electrons. The standard InChI is InChI=1S/C12H17NO2/c13-12-3-1-2-10(6-12)7-15-9-11-4-5-14-8-11/h1-3,6,11H,4-5,7-9,13H2. The van der Waals surface area contributed by atoms with Crippen LogP contribution in [0.3, 0.4) is 0 Å². The van der Waals surface area contributed by atoms with Crippen LogP contribution in [0.4, 0.5) is 5.69 Å². The Morgan fingerprint density at radius 1 is 1.47 bits per heavy atom. The lowest BCUT2D eigenvalue weighted by molar-refractivity contribution is 0.0791. The van der Waals surface area contributed by atoms with Crippen LogP contribution < -0.4 is 5.73 Å². The number of nitrogens with two attached hydrogens (primary N) is 1. The summed E-state index contributed by atoms with van der Waals surface area (Å²) in [7, 11) is 0. The highest BCUT2D eigenvalue weighted by atomic mass is 16.5. The molecule has 1 aromatic rings. The average molecular weight is 207 g/mol. The molecule has 1 aliphatic rings. The Balaban J connectivity index is 1.73.